The molecular formula is C35H33Cl2N3O7S2. The van der Waals surface area contributed by atoms with E-state index in [2.05, 4.69) is 17.1 Å². The van der Waals surface area contributed by atoms with Crippen molar-refractivity contribution < 1.29 is 33.6 Å². The van der Waals surface area contributed by atoms with Gasteiger partial charge in [-0.25, -0.2) is 0 Å². The minimum absolute atomic E-state index is 0.113. The molecule has 1 unspecified atom stereocenters. The number of fused-ring (bicyclic) bond motifs is 1. The van der Waals surface area contributed by atoms with E-state index in [9.17, 15) is 14.7 Å². The van der Waals surface area contributed by atoms with Crippen molar-refractivity contribution in [1.82, 2.24) is 10.2 Å². The number of ketones is 1. The number of ether oxygens (including phenoxy) is 4. The van der Waals surface area contributed by atoms with Crippen molar-refractivity contribution in [1.29, 1.82) is 0 Å². The molecule has 0 radical (unpaired) electrons. The Morgan fingerprint density at radius 2 is 1.80 bits per heavy atom. The second-order valence-electron chi connectivity index (χ2n) is 11.1. The van der Waals surface area contributed by atoms with Crippen molar-refractivity contribution in [2.45, 2.75) is 49.2 Å². The number of aliphatic hydroxyl groups is 1. The number of amides is 1. The minimum Gasteiger partial charge on any atom is -0.507 e. The molecule has 1 saturated heterocycles. The normalized spacial score (nSPS) is 16.7. The number of nitrogens with zero attached hydrogens (tertiary/aromatic N) is 3. The van der Waals surface area contributed by atoms with Gasteiger partial charge >= 0.3 is 5.91 Å². The van der Waals surface area contributed by atoms with Crippen molar-refractivity contribution in [3.05, 3.63) is 86.9 Å². The van der Waals surface area contributed by atoms with Crippen LogP contribution in [-0.2, 0) is 15.3 Å². The van der Waals surface area contributed by atoms with Crippen LogP contribution in [0.3, 0.4) is 0 Å². The van der Waals surface area contributed by atoms with Gasteiger partial charge in [0.05, 0.1) is 24.8 Å². The lowest BCUT2D eigenvalue weighted by atomic mass is 9.95. The average Bonchev–Trinajstić information content (AvgIpc) is 3.67. The Morgan fingerprint density at radius 1 is 0.980 bits per heavy atom. The summed E-state index contributed by atoms with van der Waals surface area (Å²) in [5.74, 6) is 0.343. The molecule has 2 aliphatic heterocycles. The zero-order valence-corrected chi connectivity index (χ0v) is 29.9. The molecule has 4 aromatic rings. The molecule has 2 aliphatic rings. The van der Waals surface area contributed by atoms with Crippen LogP contribution in [0.5, 0.6) is 23.0 Å². The molecule has 3 heterocycles. The molecule has 3 aromatic carbocycles. The first kappa shape index (κ1) is 34.9. The fraction of sp³-hybridized carbons (Fsp3) is 0.314. The summed E-state index contributed by atoms with van der Waals surface area (Å²) in [6.07, 6.45) is 2.98. The van der Waals surface area contributed by atoms with Gasteiger partial charge < -0.3 is 24.1 Å². The Morgan fingerprint density at radius 3 is 2.57 bits per heavy atom. The Labute approximate surface area is 301 Å². The Hall–Kier alpha value is -3.97. The number of hydrogen-bond donors (Lipinski definition) is 1. The number of thioether (sulfide) groups is 1. The highest BCUT2D eigenvalue weighted by atomic mass is 35.5. The molecule has 0 bridgehead atoms. The Kier molecular flexibility index (Phi) is 11.2. The summed E-state index contributed by atoms with van der Waals surface area (Å²) >= 11 is 15.0. The van der Waals surface area contributed by atoms with Crippen LogP contribution in [-0.4, -0.2) is 53.4 Å². The van der Waals surface area contributed by atoms with E-state index in [1.54, 1.807) is 48.5 Å². The quantitative estimate of drug-likeness (QED) is 0.0357. The maximum Gasteiger partial charge on any atom is 0.301 e. The van der Waals surface area contributed by atoms with E-state index in [0.29, 0.717) is 80.7 Å². The molecule has 49 heavy (non-hydrogen) atoms. The summed E-state index contributed by atoms with van der Waals surface area (Å²) in [7, 11) is 0. The van der Waals surface area contributed by atoms with Gasteiger partial charge in [0.2, 0.25) is 5.13 Å². The zero-order valence-electron chi connectivity index (χ0n) is 26.7. The minimum atomic E-state index is -1.06. The predicted octanol–water partition coefficient (Wildman–Crippen LogP) is 8.50. The molecule has 256 valence electrons. The number of hydrogen-bond acceptors (Lipinski definition) is 11. The van der Waals surface area contributed by atoms with Crippen molar-refractivity contribution in [3.8, 4) is 23.0 Å². The highest BCUT2D eigenvalue weighted by Crippen LogP contribution is 2.46. The predicted molar refractivity (Wildman–Crippen MR) is 191 cm³/mol. The molecule has 0 spiro atoms. The molecular weight excluding hydrogens is 709 g/mol. The molecule has 0 saturated carbocycles. The topological polar surface area (TPSA) is 120 Å². The smallest absolute Gasteiger partial charge is 0.301 e. The molecule has 14 heteroatoms. The van der Waals surface area contributed by atoms with E-state index in [4.69, 9.17) is 42.1 Å². The molecule has 1 N–H and O–H groups in total. The van der Waals surface area contributed by atoms with Crippen LogP contribution in [0.4, 0.5) is 5.13 Å². The van der Waals surface area contributed by atoms with E-state index in [-0.39, 0.29) is 16.5 Å². The lowest BCUT2D eigenvalue weighted by Gasteiger charge is -2.24. The largest absolute Gasteiger partial charge is 0.507 e. The van der Waals surface area contributed by atoms with Crippen LogP contribution in [0.15, 0.2) is 64.5 Å². The number of carbonyl (C=O) groups is 2. The van der Waals surface area contributed by atoms with Gasteiger partial charge in [-0.3, -0.25) is 14.5 Å². The van der Waals surface area contributed by atoms with Gasteiger partial charge in [0, 0.05) is 21.4 Å². The van der Waals surface area contributed by atoms with Crippen LogP contribution >= 0.6 is 46.3 Å². The number of unbranched alkanes of at least 4 members (excludes halogenated alkanes) is 2. The molecule has 1 fully saturated rings. The van der Waals surface area contributed by atoms with Gasteiger partial charge in [0.25, 0.3) is 5.78 Å². The van der Waals surface area contributed by atoms with Crippen molar-refractivity contribution in [3.63, 3.8) is 0 Å². The lowest BCUT2D eigenvalue weighted by molar-refractivity contribution is -0.132. The summed E-state index contributed by atoms with van der Waals surface area (Å²) in [5, 5.41) is 21.6. The number of anilines is 1. The number of aliphatic hydroxyl groups excluding tert-OH is 1. The monoisotopic (exact) mass is 741 g/mol. The van der Waals surface area contributed by atoms with Crippen LogP contribution < -0.4 is 23.8 Å². The molecule has 1 atom stereocenters. The van der Waals surface area contributed by atoms with E-state index < -0.39 is 17.7 Å². The van der Waals surface area contributed by atoms with Crippen LogP contribution in [0.2, 0.25) is 10.0 Å². The molecule has 1 amide bonds. The van der Waals surface area contributed by atoms with Gasteiger partial charge in [0.15, 0.2) is 27.3 Å². The molecule has 10 nitrogen and oxygen atoms in total. The Bertz CT molecular complexity index is 1900. The highest BCUT2D eigenvalue weighted by Gasteiger charge is 2.48. The third-order valence-electron chi connectivity index (χ3n) is 7.82. The van der Waals surface area contributed by atoms with E-state index in [1.807, 2.05) is 13.0 Å². The van der Waals surface area contributed by atoms with E-state index in [0.717, 1.165) is 36.2 Å². The van der Waals surface area contributed by atoms with Gasteiger partial charge in [-0.15, -0.1) is 10.2 Å². The van der Waals surface area contributed by atoms with E-state index >= 15 is 0 Å². The number of Topliss-reactive ketones (excluding diaryl/α,β-unsaturated/α-hetero) is 1. The summed E-state index contributed by atoms with van der Waals surface area (Å²) < 4.78 is 23.9. The second-order valence-corrected chi connectivity index (χ2v) is 14.1. The lowest BCUT2D eigenvalue weighted by Crippen LogP contribution is -2.29. The number of halogens is 2. The summed E-state index contributed by atoms with van der Waals surface area (Å²) in [6, 6.07) is 14.3. The maximum absolute atomic E-state index is 13.8. The third kappa shape index (κ3) is 7.62. The molecule has 1 aromatic heterocycles. The summed E-state index contributed by atoms with van der Waals surface area (Å²) in [4.78, 5) is 29.0. The maximum atomic E-state index is 13.8. The Balaban J connectivity index is 1.40. The first-order chi connectivity index (χ1) is 23.8. The fourth-order valence-electron chi connectivity index (χ4n) is 5.44. The molecule has 6 rings (SSSR count). The SMILES string of the molecule is CCCCCOc1ccc(C2C(=C(O)c3ccc4c(c3)OCCO4)C(=O)C(=O)N2c2nnc(SCc3ccc(Cl)cc3Cl)s2)cc1OCC. The highest BCUT2D eigenvalue weighted by molar-refractivity contribution is 8.00. The van der Waals surface area contributed by atoms with Gasteiger partial charge in [-0.05, 0) is 66.9 Å². The standard InChI is InChI=1S/C35H33Cl2N3O7S2/c1-3-5-6-13-45-25-11-8-20(16-27(25)44-4-2)30-29(31(41)21-9-12-26-28(17-21)47-15-14-46-26)32(42)33(43)40(30)34-38-39-35(49-34)48-19-22-7-10-23(36)18-24(22)37/h7-12,16-18,30,41H,3-6,13-15,19H2,1-2H3. The van der Waals surface area contributed by atoms with Crippen molar-refractivity contribution >= 4 is 68.9 Å². The molecule has 0 aliphatic carbocycles. The summed E-state index contributed by atoms with van der Waals surface area (Å²) in [6.45, 7) is 5.61. The van der Waals surface area contributed by atoms with Crippen LogP contribution in [0.1, 0.15) is 55.8 Å². The third-order valence-corrected chi connectivity index (χ3v) is 10.5. The van der Waals surface area contributed by atoms with E-state index in [1.165, 1.54) is 16.7 Å². The number of carbonyl (C=O) groups excluding carboxylic acids is 2. The zero-order chi connectivity index (χ0) is 34.5. The van der Waals surface area contributed by atoms with Crippen molar-refractivity contribution in [2.75, 3.05) is 31.3 Å². The van der Waals surface area contributed by atoms with Crippen LogP contribution in [0, 0.1) is 0 Å². The number of aromatic nitrogens is 2. The average molecular weight is 743 g/mol. The number of rotatable bonds is 13. The number of benzene rings is 3. The summed E-state index contributed by atoms with van der Waals surface area (Å²) in [5.41, 5.74) is 1.55. The first-order valence-electron chi connectivity index (χ1n) is 15.8. The van der Waals surface area contributed by atoms with Gasteiger partial charge in [-0.1, -0.05) is 78.2 Å². The van der Waals surface area contributed by atoms with Gasteiger partial charge in [0.1, 0.15) is 19.0 Å². The second kappa shape index (κ2) is 15.7. The first-order valence-corrected chi connectivity index (χ1v) is 18.4. The van der Waals surface area contributed by atoms with Gasteiger partial charge in [-0.2, -0.15) is 0 Å². The van der Waals surface area contributed by atoms with Crippen molar-refractivity contribution in [2.24, 2.45) is 0 Å². The van der Waals surface area contributed by atoms with Crippen LogP contribution in [0.25, 0.3) is 5.76 Å². The fourth-order valence-corrected chi connectivity index (χ4v) is 7.87.